The lowest BCUT2D eigenvalue weighted by atomic mass is 10.0. The summed E-state index contributed by atoms with van der Waals surface area (Å²) in [5.74, 6) is 1.35. The van der Waals surface area contributed by atoms with Crippen molar-refractivity contribution in [3.63, 3.8) is 0 Å². The van der Waals surface area contributed by atoms with Crippen molar-refractivity contribution in [2.24, 2.45) is 5.41 Å². The van der Waals surface area contributed by atoms with Crippen LogP contribution in [0.4, 0.5) is 0 Å². The average molecular weight is 468 g/mol. The van der Waals surface area contributed by atoms with Crippen molar-refractivity contribution in [3.8, 4) is 17.0 Å². The number of benzene rings is 1. The molecule has 0 N–H and O–H groups in total. The molecule has 0 bridgehead atoms. The summed E-state index contributed by atoms with van der Waals surface area (Å²) < 4.78 is 35.3. The van der Waals surface area contributed by atoms with Crippen LogP contribution in [-0.4, -0.2) is 48.9 Å². The Balaban J connectivity index is 1.57. The van der Waals surface area contributed by atoms with E-state index in [1.807, 2.05) is 30.5 Å². The lowest BCUT2D eigenvalue weighted by Gasteiger charge is -2.23. The summed E-state index contributed by atoms with van der Waals surface area (Å²) in [5, 5.41) is 0.775. The van der Waals surface area contributed by atoms with Crippen LogP contribution in [0.2, 0.25) is 0 Å². The summed E-state index contributed by atoms with van der Waals surface area (Å²) in [4.78, 5) is 14.2. The van der Waals surface area contributed by atoms with Crippen molar-refractivity contribution < 1.29 is 17.9 Å². The highest BCUT2D eigenvalue weighted by Gasteiger charge is 2.38. The maximum absolute atomic E-state index is 11.8. The number of sulfone groups is 1. The molecular weight excluding hydrogens is 438 g/mol. The van der Waals surface area contributed by atoms with Crippen molar-refractivity contribution in [2.45, 2.75) is 50.9 Å². The number of fused-ring (bicyclic) bond motifs is 1. The summed E-state index contributed by atoms with van der Waals surface area (Å²) in [5.41, 5.74) is 3.55. The molecule has 3 heterocycles. The second-order valence-electron chi connectivity index (χ2n) is 9.71. The lowest BCUT2D eigenvalue weighted by molar-refractivity contribution is 0.0244. The van der Waals surface area contributed by atoms with E-state index in [9.17, 15) is 8.42 Å². The van der Waals surface area contributed by atoms with E-state index in [-0.39, 0.29) is 17.3 Å². The fourth-order valence-corrected chi connectivity index (χ4v) is 5.06. The van der Waals surface area contributed by atoms with Gasteiger partial charge >= 0.3 is 0 Å². The van der Waals surface area contributed by atoms with Gasteiger partial charge in [0.2, 0.25) is 5.88 Å². The summed E-state index contributed by atoms with van der Waals surface area (Å²) in [7, 11) is -3.13. The molecule has 3 aromatic rings. The van der Waals surface area contributed by atoms with Crippen LogP contribution in [0.3, 0.4) is 0 Å². The van der Waals surface area contributed by atoms with Gasteiger partial charge in [-0.05, 0) is 35.4 Å². The molecule has 33 heavy (non-hydrogen) atoms. The summed E-state index contributed by atoms with van der Waals surface area (Å²) in [6.07, 6.45) is 9.81. The monoisotopic (exact) mass is 467 g/mol. The van der Waals surface area contributed by atoms with Crippen molar-refractivity contribution in [1.82, 2.24) is 15.0 Å². The molecule has 174 valence electrons. The highest BCUT2D eigenvalue weighted by molar-refractivity contribution is 7.89. The second-order valence-corrected chi connectivity index (χ2v) is 11.9. The summed E-state index contributed by atoms with van der Waals surface area (Å²) >= 11 is 0. The average Bonchev–Trinajstić information content (AvgIpc) is 3.50. The molecule has 0 radical (unpaired) electrons. The molecule has 0 amide bonds. The Morgan fingerprint density at radius 1 is 1.15 bits per heavy atom. The van der Waals surface area contributed by atoms with E-state index in [0.717, 1.165) is 52.7 Å². The number of nitrogens with zero attached hydrogens (tertiary/aromatic N) is 3. The minimum absolute atomic E-state index is 0.00423. The molecule has 0 spiro atoms. The Morgan fingerprint density at radius 2 is 1.94 bits per heavy atom. The normalized spacial score (nSPS) is 18.4. The standard InChI is InChI=1S/C25H29N3O4S/c1-25(8-9-25)13-22-26-15-21-23(28-22)20(14-27-24(21)32-19-6-10-31-11-7-19)18-5-3-4-17(12-18)16-33(2,29)30/h3-5,12,14-15,19H,6-11,13,16H2,1-2H3. The maximum Gasteiger partial charge on any atom is 0.224 e. The summed E-state index contributed by atoms with van der Waals surface area (Å²) in [6.45, 7) is 3.64. The van der Waals surface area contributed by atoms with Gasteiger partial charge in [0.1, 0.15) is 11.9 Å². The SMILES string of the molecule is CC1(Cc2ncc3c(OC4CCOCC4)ncc(-c4cccc(CS(C)(=O)=O)c4)c3n2)CC1. The van der Waals surface area contributed by atoms with Crippen molar-refractivity contribution in [3.05, 3.63) is 48.0 Å². The van der Waals surface area contributed by atoms with Gasteiger partial charge in [-0.25, -0.2) is 23.4 Å². The number of aromatic nitrogens is 3. The van der Waals surface area contributed by atoms with Gasteiger partial charge in [-0.15, -0.1) is 0 Å². The minimum atomic E-state index is -3.13. The zero-order valence-electron chi connectivity index (χ0n) is 19.1. The Kier molecular flexibility index (Phi) is 5.82. The number of rotatable bonds is 7. The van der Waals surface area contributed by atoms with Crippen molar-refractivity contribution >= 4 is 20.7 Å². The Bertz CT molecular complexity index is 1280. The van der Waals surface area contributed by atoms with Gasteiger partial charge in [0.05, 0.1) is 29.9 Å². The second kappa shape index (κ2) is 8.65. The van der Waals surface area contributed by atoms with Gasteiger partial charge in [-0.1, -0.05) is 25.1 Å². The van der Waals surface area contributed by atoms with E-state index in [1.165, 1.54) is 19.1 Å². The molecule has 2 fully saturated rings. The molecule has 2 aliphatic rings. The van der Waals surface area contributed by atoms with Crippen LogP contribution in [0.25, 0.3) is 22.0 Å². The molecule has 0 atom stereocenters. The van der Waals surface area contributed by atoms with E-state index >= 15 is 0 Å². The predicted molar refractivity (Wildman–Crippen MR) is 127 cm³/mol. The zero-order valence-corrected chi connectivity index (χ0v) is 19.9. The predicted octanol–water partition coefficient (Wildman–Crippen LogP) is 4.14. The minimum Gasteiger partial charge on any atom is -0.474 e. The van der Waals surface area contributed by atoms with Crippen LogP contribution in [0.5, 0.6) is 5.88 Å². The Morgan fingerprint density at radius 3 is 2.67 bits per heavy atom. The zero-order chi connectivity index (χ0) is 23.1. The van der Waals surface area contributed by atoms with E-state index < -0.39 is 9.84 Å². The molecule has 5 rings (SSSR count). The third kappa shape index (κ3) is 5.33. The first-order valence-electron chi connectivity index (χ1n) is 11.4. The first-order chi connectivity index (χ1) is 15.8. The van der Waals surface area contributed by atoms with E-state index in [4.69, 9.17) is 14.5 Å². The molecule has 1 aromatic carbocycles. The molecule has 1 aliphatic heterocycles. The number of ether oxygens (including phenoxy) is 2. The van der Waals surface area contributed by atoms with Gasteiger partial charge in [0, 0.05) is 43.5 Å². The third-order valence-corrected chi connectivity index (χ3v) is 7.29. The van der Waals surface area contributed by atoms with E-state index in [0.29, 0.717) is 19.1 Å². The smallest absolute Gasteiger partial charge is 0.224 e. The maximum atomic E-state index is 11.8. The topological polar surface area (TPSA) is 91.3 Å². The Labute approximate surface area is 194 Å². The van der Waals surface area contributed by atoms with Gasteiger partial charge in [0.25, 0.3) is 0 Å². The van der Waals surface area contributed by atoms with E-state index in [1.54, 1.807) is 6.20 Å². The van der Waals surface area contributed by atoms with Crippen LogP contribution in [0.1, 0.15) is 44.0 Å². The van der Waals surface area contributed by atoms with Crippen molar-refractivity contribution in [2.75, 3.05) is 19.5 Å². The fraction of sp³-hybridized carbons (Fsp3) is 0.480. The Hall–Kier alpha value is -2.58. The fourth-order valence-electron chi connectivity index (χ4n) is 4.28. The van der Waals surface area contributed by atoms with Crippen molar-refractivity contribution in [1.29, 1.82) is 0 Å². The van der Waals surface area contributed by atoms with Gasteiger partial charge in [0.15, 0.2) is 9.84 Å². The van der Waals surface area contributed by atoms with Crippen LogP contribution < -0.4 is 4.74 Å². The molecular formula is C25H29N3O4S. The van der Waals surface area contributed by atoms with Gasteiger partial charge in [-0.3, -0.25) is 0 Å². The first-order valence-corrected chi connectivity index (χ1v) is 13.5. The van der Waals surface area contributed by atoms with Crippen LogP contribution in [0, 0.1) is 5.41 Å². The van der Waals surface area contributed by atoms with Gasteiger partial charge < -0.3 is 9.47 Å². The highest BCUT2D eigenvalue weighted by atomic mass is 32.2. The molecule has 1 aliphatic carbocycles. The van der Waals surface area contributed by atoms with Gasteiger partial charge in [-0.2, -0.15) is 0 Å². The summed E-state index contributed by atoms with van der Waals surface area (Å²) in [6, 6.07) is 7.57. The molecule has 0 unspecified atom stereocenters. The largest absolute Gasteiger partial charge is 0.474 e. The van der Waals surface area contributed by atoms with Crippen LogP contribution in [0.15, 0.2) is 36.7 Å². The quantitative estimate of drug-likeness (QED) is 0.516. The van der Waals surface area contributed by atoms with Crippen LogP contribution >= 0.6 is 0 Å². The number of pyridine rings is 1. The van der Waals surface area contributed by atoms with Crippen LogP contribution in [-0.2, 0) is 26.7 Å². The molecule has 7 nitrogen and oxygen atoms in total. The molecule has 1 saturated carbocycles. The number of hydrogen-bond acceptors (Lipinski definition) is 7. The molecule has 2 aromatic heterocycles. The highest BCUT2D eigenvalue weighted by Crippen LogP contribution is 2.47. The molecule has 1 saturated heterocycles. The van der Waals surface area contributed by atoms with E-state index in [2.05, 4.69) is 16.9 Å². The lowest BCUT2D eigenvalue weighted by Crippen LogP contribution is -2.26. The first kappa shape index (κ1) is 22.2. The molecule has 8 heteroatoms. The number of hydrogen-bond donors (Lipinski definition) is 0. The third-order valence-electron chi connectivity index (χ3n) is 6.44.